The average molecular weight is 353 g/mol. The van der Waals surface area contributed by atoms with Crippen molar-refractivity contribution in [1.29, 1.82) is 0 Å². The Kier molecular flexibility index (Phi) is 7.60. The Morgan fingerprint density at radius 2 is 2.00 bits per heavy atom. The molecule has 1 aromatic rings. The molecule has 0 heterocycles. The maximum atomic E-state index is 12.8. The summed E-state index contributed by atoms with van der Waals surface area (Å²) >= 11 is 0. The van der Waals surface area contributed by atoms with Crippen LogP contribution in [0.15, 0.2) is 30.9 Å². The van der Waals surface area contributed by atoms with E-state index in [0.29, 0.717) is 0 Å². The molecular formula is C15H20ClF3N2O2. The van der Waals surface area contributed by atoms with Crippen molar-refractivity contribution in [3.8, 4) is 5.75 Å². The summed E-state index contributed by atoms with van der Waals surface area (Å²) < 4.78 is 43.6. The maximum absolute atomic E-state index is 12.8. The molecule has 0 radical (unpaired) electrons. The van der Waals surface area contributed by atoms with Crippen molar-refractivity contribution < 1.29 is 22.7 Å². The second-order valence-corrected chi connectivity index (χ2v) is 5.48. The molecule has 0 bridgehead atoms. The van der Waals surface area contributed by atoms with E-state index >= 15 is 0 Å². The first-order valence-corrected chi connectivity index (χ1v) is 6.56. The predicted molar refractivity (Wildman–Crippen MR) is 85.0 cm³/mol. The molecule has 0 aliphatic heterocycles. The zero-order chi connectivity index (χ0) is 17.0. The molecule has 130 valence electrons. The van der Waals surface area contributed by atoms with E-state index < -0.39 is 23.2 Å². The van der Waals surface area contributed by atoms with E-state index in [-0.39, 0.29) is 36.9 Å². The van der Waals surface area contributed by atoms with Crippen LogP contribution in [0.5, 0.6) is 5.75 Å². The molecule has 0 spiro atoms. The van der Waals surface area contributed by atoms with Gasteiger partial charge in [-0.25, -0.2) is 0 Å². The quantitative estimate of drug-likeness (QED) is 0.773. The van der Waals surface area contributed by atoms with Crippen molar-refractivity contribution in [3.05, 3.63) is 42.0 Å². The summed E-state index contributed by atoms with van der Waals surface area (Å²) in [4.78, 5) is 12.1. The number of halogens is 4. The predicted octanol–water partition coefficient (Wildman–Crippen LogP) is 3.16. The van der Waals surface area contributed by atoms with Crippen molar-refractivity contribution in [2.24, 2.45) is 5.73 Å². The average Bonchev–Trinajstić information content (AvgIpc) is 2.40. The third-order valence-electron chi connectivity index (χ3n) is 2.61. The lowest BCUT2D eigenvalue weighted by Gasteiger charge is -2.20. The van der Waals surface area contributed by atoms with Gasteiger partial charge in [0.15, 0.2) is 0 Å². The van der Waals surface area contributed by atoms with E-state index in [1.807, 2.05) is 0 Å². The van der Waals surface area contributed by atoms with Crippen LogP contribution in [0.2, 0.25) is 0 Å². The molecule has 1 rings (SSSR count). The van der Waals surface area contributed by atoms with E-state index in [1.165, 1.54) is 6.08 Å². The summed E-state index contributed by atoms with van der Waals surface area (Å²) in [6, 6.07) is 2.74. The first kappa shape index (κ1) is 21.3. The fourth-order valence-corrected chi connectivity index (χ4v) is 1.56. The van der Waals surface area contributed by atoms with Crippen LogP contribution in [0, 0.1) is 0 Å². The van der Waals surface area contributed by atoms with Crippen LogP contribution in [0.4, 0.5) is 13.2 Å². The number of benzene rings is 1. The van der Waals surface area contributed by atoms with E-state index in [4.69, 9.17) is 10.5 Å². The SMILES string of the molecule is C=CCOc1ccc(C(F)(F)F)cc1C(=O)NCC(C)(C)N.Cl. The normalized spacial score (nSPS) is 11.4. The molecule has 0 unspecified atom stereocenters. The number of nitrogens with one attached hydrogen (secondary N) is 1. The Balaban J connectivity index is 0.00000484. The lowest BCUT2D eigenvalue weighted by molar-refractivity contribution is -0.137. The highest BCUT2D eigenvalue weighted by atomic mass is 35.5. The Morgan fingerprint density at radius 1 is 1.39 bits per heavy atom. The Hall–Kier alpha value is -1.73. The third-order valence-corrected chi connectivity index (χ3v) is 2.61. The van der Waals surface area contributed by atoms with Crippen LogP contribution >= 0.6 is 12.4 Å². The molecule has 0 saturated carbocycles. The van der Waals surface area contributed by atoms with Crippen LogP contribution in [-0.4, -0.2) is 24.6 Å². The number of carbonyl (C=O) groups excluding carboxylic acids is 1. The van der Waals surface area contributed by atoms with Crippen molar-refractivity contribution in [2.45, 2.75) is 25.6 Å². The zero-order valence-corrected chi connectivity index (χ0v) is 13.7. The van der Waals surface area contributed by atoms with Gasteiger partial charge in [-0.2, -0.15) is 13.2 Å². The number of hydrogen-bond acceptors (Lipinski definition) is 3. The minimum Gasteiger partial charge on any atom is -0.489 e. The zero-order valence-electron chi connectivity index (χ0n) is 12.9. The number of rotatable bonds is 6. The maximum Gasteiger partial charge on any atom is 0.416 e. The first-order valence-electron chi connectivity index (χ1n) is 6.56. The molecule has 8 heteroatoms. The molecule has 0 fully saturated rings. The third kappa shape index (κ3) is 6.92. The monoisotopic (exact) mass is 352 g/mol. The molecule has 0 atom stereocenters. The highest BCUT2D eigenvalue weighted by Gasteiger charge is 2.32. The van der Waals surface area contributed by atoms with Gasteiger partial charge in [0, 0.05) is 12.1 Å². The van der Waals surface area contributed by atoms with E-state index in [9.17, 15) is 18.0 Å². The Labute approximate surface area is 139 Å². The van der Waals surface area contributed by atoms with Gasteiger partial charge in [0.05, 0.1) is 11.1 Å². The van der Waals surface area contributed by atoms with Crippen molar-refractivity contribution in [2.75, 3.05) is 13.2 Å². The Morgan fingerprint density at radius 3 is 2.48 bits per heavy atom. The van der Waals surface area contributed by atoms with Crippen LogP contribution < -0.4 is 15.8 Å². The molecule has 1 amide bonds. The summed E-state index contributed by atoms with van der Waals surface area (Å²) in [5, 5.41) is 2.50. The van der Waals surface area contributed by atoms with Crippen molar-refractivity contribution >= 4 is 18.3 Å². The van der Waals surface area contributed by atoms with E-state index in [0.717, 1.165) is 18.2 Å². The van der Waals surface area contributed by atoms with Crippen LogP contribution in [0.25, 0.3) is 0 Å². The van der Waals surface area contributed by atoms with Crippen molar-refractivity contribution in [1.82, 2.24) is 5.32 Å². The molecule has 0 saturated heterocycles. The van der Waals surface area contributed by atoms with Gasteiger partial charge in [0.1, 0.15) is 12.4 Å². The van der Waals surface area contributed by atoms with Gasteiger partial charge in [-0.3, -0.25) is 4.79 Å². The first-order chi connectivity index (χ1) is 10.0. The fraction of sp³-hybridized carbons (Fsp3) is 0.400. The number of amides is 1. The molecule has 0 aromatic heterocycles. The molecule has 1 aromatic carbocycles. The summed E-state index contributed by atoms with van der Waals surface area (Å²) in [6.45, 7) is 7.02. The number of hydrogen-bond donors (Lipinski definition) is 2. The summed E-state index contributed by atoms with van der Waals surface area (Å²) in [5.74, 6) is -0.621. The largest absolute Gasteiger partial charge is 0.489 e. The van der Waals surface area contributed by atoms with Gasteiger partial charge in [-0.15, -0.1) is 12.4 Å². The van der Waals surface area contributed by atoms with Gasteiger partial charge < -0.3 is 15.8 Å². The molecule has 4 nitrogen and oxygen atoms in total. The number of carbonyl (C=O) groups is 1. The number of ether oxygens (including phenoxy) is 1. The topological polar surface area (TPSA) is 64.3 Å². The van der Waals surface area contributed by atoms with Crippen LogP contribution in [0.1, 0.15) is 29.8 Å². The molecule has 0 aliphatic carbocycles. The minimum absolute atomic E-state index is 0. The standard InChI is InChI=1S/C15H19F3N2O2.ClH/c1-4-7-22-12-6-5-10(15(16,17)18)8-11(12)13(21)20-9-14(2,3)19;/h4-6,8H,1,7,9,19H2,2-3H3,(H,20,21);1H. The summed E-state index contributed by atoms with van der Waals surface area (Å²) in [7, 11) is 0. The van der Waals surface area contributed by atoms with Gasteiger partial charge in [0.2, 0.25) is 0 Å². The molecule has 23 heavy (non-hydrogen) atoms. The Bertz CT molecular complexity index is 555. The summed E-state index contributed by atoms with van der Waals surface area (Å²) in [6.07, 6.45) is -3.11. The van der Waals surface area contributed by atoms with Crippen LogP contribution in [0.3, 0.4) is 0 Å². The van der Waals surface area contributed by atoms with Gasteiger partial charge >= 0.3 is 6.18 Å². The van der Waals surface area contributed by atoms with Gasteiger partial charge in [-0.05, 0) is 32.0 Å². The highest BCUT2D eigenvalue weighted by molar-refractivity contribution is 5.97. The lowest BCUT2D eigenvalue weighted by atomic mass is 10.1. The van der Waals surface area contributed by atoms with Gasteiger partial charge in [0.25, 0.3) is 5.91 Å². The van der Waals surface area contributed by atoms with Crippen LogP contribution in [-0.2, 0) is 6.18 Å². The van der Waals surface area contributed by atoms with Gasteiger partial charge in [-0.1, -0.05) is 12.7 Å². The number of alkyl halides is 3. The number of nitrogens with two attached hydrogens (primary N) is 1. The van der Waals surface area contributed by atoms with E-state index in [2.05, 4.69) is 11.9 Å². The lowest BCUT2D eigenvalue weighted by Crippen LogP contribution is -2.45. The molecule has 3 N–H and O–H groups in total. The second-order valence-electron chi connectivity index (χ2n) is 5.48. The summed E-state index contributed by atoms with van der Waals surface area (Å²) in [5.41, 5.74) is 3.94. The van der Waals surface area contributed by atoms with E-state index in [1.54, 1.807) is 13.8 Å². The second kappa shape index (κ2) is 8.21. The molecular weight excluding hydrogens is 333 g/mol. The smallest absolute Gasteiger partial charge is 0.416 e. The fourth-order valence-electron chi connectivity index (χ4n) is 1.56. The molecule has 0 aliphatic rings. The minimum atomic E-state index is -4.54. The van der Waals surface area contributed by atoms with Crippen molar-refractivity contribution in [3.63, 3.8) is 0 Å². The highest BCUT2D eigenvalue weighted by Crippen LogP contribution is 2.32.